The van der Waals surface area contributed by atoms with Crippen LogP contribution in [0.4, 0.5) is 4.39 Å². The minimum Gasteiger partial charge on any atom is -0.496 e. The summed E-state index contributed by atoms with van der Waals surface area (Å²) in [4.78, 5) is 10.8. The van der Waals surface area contributed by atoms with E-state index >= 15 is 0 Å². The number of halogens is 1. The molecule has 0 bridgehead atoms. The van der Waals surface area contributed by atoms with Gasteiger partial charge in [-0.1, -0.05) is 0 Å². The van der Waals surface area contributed by atoms with Crippen molar-refractivity contribution in [2.45, 2.75) is 0 Å². The molecule has 0 heterocycles. The second-order valence-electron chi connectivity index (χ2n) is 2.49. The molecule has 5 heteroatoms. The highest BCUT2D eigenvalue weighted by atomic mass is 19.1. The average Bonchev–Trinajstić information content (AvgIpc) is 2.15. The van der Waals surface area contributed by atoms with Crippen LogP contribution in [0.5, 0.6) is 11.5 Å². The lowest BCUT2D eigenvalue weighted by Crippen LogP contribution is -2.04. The van der Waals surface area contributed by atoms with Crippen LogP contribution in [0.3, 0.4) is 0 Å². The zero-order valence-electron chi connectivity index (χ0n) is 7.70. The van der Waals surface area contributed by atoms with E-state index < -0.39 is 11.8 Å². The summed E-state index contributed by atoms with van der Waals surface area (Å²) in [6.45, 7) is 0. The highest BCUT2D eigenvalue weighted by Crippen LogP contribution is 2.29. The van der Waals surface area contributed by atoms with Crippen LogP contribution < -0.4 is 9.47 Å². The number of carboxylic acid groups (broad SMARTS) is 1. The molecule has 0 saturated heterocycles. The number of methoxy groups -OCH3 is 2. The smallest absolute Gasteiger partial charge is 0.343 e. The van der Waals surface area contributed by atoms with E-state index in [2.05, 4.69) is 0 Å². The molecule has 0 amide bonds. The molecule has 0 spiro atoms. The van der Waals surface area contributed by atoms with E-state index in [4.69, 9.17) is 14.6 Å². The van der Waals surface area contributed by atoms with Crippen LogP contribution in [-0.2, 0) is 0 Å². The zero-order chi connectivity index (χ0) is 10.7. The van der Waals surface area contributed by atoms with E-state index in [9.17, 15) is 9.18 Å². The topological polar surface area (TPSA) is 55.8 Å². The largest absolute Gasteiger partial charge is 0.496 e. The van der Waals surface area contributed by atoms with Gasteiger partial charge in [-0.05, 0) is 0 Å². The highest BCUT2D eigenvalue weighted by molar-refractivity contribution is 5.94. The summed E-state index contributed by atoms with van der Waals surface area (Å²) in [6, 6.07) is 1.98. The summed E-state index contributed by atoms with van der Waals surface area (Å²) in [6.07, 6.45) is 0. The molecule has 1 N–H and O–H groups in total. The summed E-state index contributed by atoms with van der Waals surface area (Å²) in [5, 5.41) is 8.82. The van der Waals surface area contributed by atoms with Gasteiger partial charge in [-0.15, -0.1) is 0 Å². The Labute approximate surface area is 79.9 Å². The fourth-order valence-electron chi connectivity index (χ4n) is 1.09. The average molecular weight is 200 g/mol. The second kappa shape index (κ2) is 3.95. The molecule has 1 aromatic rings. The van der Waals surface area contributed by atoms with Gasteiger partial charge in [0.2, 0.25) is 0 Å². The lowest BCUT2D eigenvalue weighted by Gasteiger charge is -2.09. The first kappa shape index (κ1) is 10.3. The Morgan fingerprint density at radius 3 is 2.00 bits per heavy atom. The molecule has 0 radical (unpaired) electrons. The van der Waals surface area contributed by atoms with Crippen molar-refractivity contribution >= 4 is 5.97 Å². The molecule has 0 unspecified atom stereocenters. The Hall–Kier alpha value is -1.78. The van der Waals surface area contributed by atoms with Gasteiger partial charge in [0.25, 0.3) is 0 Å². The number of hydrogen-bond acceptors (Lipinski definition) is 3. The molecular weight excluding hydrogens is 191 g/mol. The van der Waals surface area contributed by atoms with Gasteiger partial charge in [-0.3, -0.25) is 0 Å². The van der Waals surface area contributed by atoms with E-state index in [1.165, 1.54) is 14.2 Å². The summed E-state index contributed by atoms with van der Waals surface area (Å²) >= 11 is 0. The zero-order valence-corrected chi connectivity index (χ0v) is 7.70. The monoisotopic (exact) mass is 200 g/mol. The van der Waals surface area contributed by atoms with Crippen molar-refractivity contribution in [3.63, 3.8) is 0 Å². The summed E-state index contributed by atoms with van der Waals surface area (Å²) in [5.74, 6) is -1.95. The van der Waals surface area contributed by atoms with Crippen molar-refractivity contribution in [2.24, 2.45) is 0 Å². The van der Waals surface area contributed by atoms with Gasteiger partial charge >= 0.3 is 5.97 Å². The second-order valence-corrected chi connectivity index (χ2v) is 2.49. The van der Waals surface area contributed by atoms with Gasteiger partial charge < -0.3 is 14.6 Å². The number of ether oxygens (including phenoxy) is 2. The van der Waals surface area contributed by atoms with E-state index in [0.717, 1.165) is 12.1 Å². The number of carboxylic acids is 1. The molecule has 0 aromatic heterocycles. The Balaban J connectivity index is 3.40. The van der Waals surface area contributed by atoms with Crippen molar-refractivity contribution < 1.29 is 23.8 Å². The van der Waals surface area contributed by atoms with Gasteiger partial charge in [-0.2, -0.15) is 0 Å². The molecule has 1 rings (SSSR count). The fraction of sp³-hybridized carbons (Fsp3) is 0.222. The molecule has 0 aliphatic carbocycles. The highest BCUT2D eigenvalue weighted by Gasteiger charge is 2.18. The lowest BCUT2D eigenvalue weighted by molar-refractivity contribution is 0.0689. The number of benzene rings is 1. The van der Waals surface area contributed by atoms with Gasteiger partial charge in [0, 0.05) is 12.1 Å². The molecular formula is C9H9FO4. The maximum absolute atomic E-state index is 12.9. The van der Waals surface area contributed by atoms with Crippen molar-refractivity contribution in [3.05, 3.63) is 23.5 Å². The predicted molar refractivity (Wildman–Crippen MR) is 46.5 cm³/mol. The SMILES string of the molecule is COc1cc(F)cc(OC)c1C(=O)O. The molecule has 0 saturated carbocycles. The predicted octanol–water partition coefficient (Wildman–Crippen LogP) is 1.54. The quantitative estimate of drug-likeness (QED) is 0.804. The first-order chi connectivity index (χ1) is 6.60. The van der Waals surface area contributed by atoms with Crippen LogP contribution in [0.25, 0.3) is 0 Å². The summed E-state index contributed by atoms with van der Waals surface area (Å²) < 4.78 is 22.4. The molecule has 0 aliphatic rings. The Bertz CT molecular complexity index is 337. The summed E-state index contributed by atoms with van der Waals surface area (Å²) in [7, 11) is 2.53. The van der Waals surface area contributed by atoms with Crippen LogP contribution in [0, 0.1) is 5.82 Å². The minimum absolute atomic E-state index is 0.0608. The van der Waals surface area contributed by atoms with Crippen LogP contribution in [0.15, 0.2) is 12.1 Å². The summed E-state index contributed by atoms with van der Waals surface area (Å²) in [5.41, 5.74) is -0.184. The van der Waals surface area contributed by atoms with Crippen LogP contribution >= 0.6 is 0 Å². The molecule has 76 valence electrons. The Kier molecular flexibility index (Phi) is 2.91. The number of hydrogen-bond donors (Lipinski definition) is 1. The van der Waals surface area contributed by atoms with E-state index in [0.29, 0.717) is 0 Å². The number of rotatable bonds is 3. The van der Waals surface area contributed by atoms with Gasteiger partial charge in [0.05, 0.1) is 14.2 Å². The third kappa shape index (κ3) is 1.76. The third-order valence-corrected chi connectivity index (χ3v) is 1.68. The van der Waals surface area contributed by atoms with Crippen molar-refractivity contribution in [1.82, 2.24) is 0 Å². The van der Waals surface area contributed by atoms with Gasteiger partial charge in [0.15, 0.2) is 0 Å². The van der Waals surface area contributed by atoms with Crippen molar-refractivity contribution in [1.29, 1.82) is 0 Å². The third-order valence-electron chi connectivity index (χ3n) is 1.68. The van der Waals surface area contributed by atoms with Crippen LogP contribution in [0.1, 0.15) is 10.4 Å². The number of aromatic carboxylic acids is 1. The Morgan fingerprint density at radius 1 is 1.29 bits per heavy atom. The standard InChI is InChI=1S/C9H9FO4/c1-13-6-3-5(10)4-7(14-2)8(6)9(11)12/h3-4H,1-2H3,(H,11,12). The van der Waals surface area contributed by atoms with Crippen molar-refractivity contribution in [2.75, 3.05) is 14.2 Å². The molecule has 1 aromatic carbocycles. The van der Waals surface area contributed by atoms with Crippen LogP contribution in [-0.4, -0.2) is 25.3 Å². The van der Waals surface area contributed by atoms with Crippen LogP contribution in [0.2, 0.25) is 0 Å². The van der Waals surface area contributed by atoms with Gasteiger partial charge in [0.1, 0.15) is 22.9 Å². The van der Waals surface area contributed by atoms with Crippen molar-refractivity contribution in [3.8, 4) is 11.5 Å². The normalized spacial score (nSPS) is 9.64. The van der Waals surface area contributed by atoms with E-state index in [-0.39, 0.29) is 17.1 Å². The molecule has 0 aliphatic heterocycles. The van der Waals surface area contributed by atoms with E-state index in [1.54, 1.807) is 0 Å². The van der Waals surface area contributed by atoms with E-state index in [1.807, 2.05) is 0 Å². The Morgan fingerprint density at radius 2 is 1.71 bits per heavy atom. The fourth-order valence-corrected chi connectivity index (χ4v) is 1.09. The lowest BCUT2D eigenvalue weighted by atomic mass is 10.1. The molecule has 4 nitrogen and oxygen atoms in total. The minimum atomic E-state index is -1.22. The first-order valence-corrected chi connectivity index (χ1v) is 3.75. The first-order valence-electron chi connectivity index (χ1n) is 3.75. The molecule has 0 atom stereocenters. The molecule has 14 heavy (non-hydrogen) atoms. The molecule has 0 fully saturated rings. The van der Waals surface area contributed by atoms with Gasteiger partial charge in [-0.25, -0.2) is 9.18 Å². The maximum atomic E-state index is 12.9. The maximum Gasteiger partial charge on any atom is 0.343 e. The number of carbonyl (C=O) groups is 1.